The lowest BCUT2D eigenvalue weighted by atomic mass is 10.0. The smallest absolute Gasteiger partial charge is 0.306 e. The van der Waals surface area contributed by atoms with Crippen LogP contribution in [0.4, 0.5) is 0 Å². The largest absolute Gasteiger partial charge is 0.462 e. The Morgan fingerprint density at radius 3 is 1.28 bits per heavy atom. The van der Waals surface area contributed by atoms with Gasteiger partial charge < -0.3 is 20.3 Å². The summed E-state index contributed by atoms with van der Waals surface area (Å²) in [6.45, 7) is 6.40. The maximum atomic E-state index is 13.3. The van der Waals surface area contributed by atoms with Crippen molar-refractivity contribution in [1.82, 2.24) is 5.32 Å². The van der Waals surface area contributed by atoms with Gasteiger partial charge in [0.2, 0.25) is 5.91 Å². The minimum Gasteiger partial charge on any atom is -0.462 e. The molecule has 6 heteroatoms. The zero-order valence-electron chi connectivity index (χ0n) is 42.9. The van der Waals surface area contributed by atoms with Crippen LogP contribution in [0.1, 0.15) is 297 Å². The van der Waals surface area contributed by atoms with Gasteiger partial charge in [-0.1, -0.05) is 263 Å². The molecule has 0 aliphatic heterocycles. The molecule has 376 valence electrons. The van der Waals surface area contributed by atoms with Gasteiger partial charge >= 0.3 is 5.97 Å². The third kappa shape index (κ3) is 46.6. The van der Waals surface area contributed by atoms with Gasteiger partial charge in [-0.05, 0) is 57.8 Å². The first kappa shape index (κ1) is 62.1. The first-order chi connectivity index (χ1) is 31.5. The summed E-state index contributed by atoms with van der Waals surface area (Å²) < 4.78 is 5.96. The van der Waals surface area contributed by atoms with Gasteiger partial charge in [-0.2, -0.15) is 0 Å². The van der Waals surface area contributed by atoms with Crippen molar-refractivity contribution < 1.29 is 24.5 Å². The SMILES string of the molecule is CC/C=C/C/C=C/C/C=C/CCCCCCCCC(=O)OC(CCCCCCCCCCCCCCCCC)CC(=O)NC(CO)C(O)CCCCCCCCCCCCCCCC. The van der Waals surface area contributed by atoms with E-state index in [9.17, 15) is 19.8 Å². The number of amides is 1. The molecule has 0 aromatic rings. The van der Waals surface area contributed by atoms with Crippen LogP contribution >= 0.6 is 0 Å². The van der Waals surface area contributed by atoms with Crippen LogP contribution in [0.2, 0.25) is 0 Å². The summed E-state index contributed by atoms with van der Waals surface area (Å²) in [5.41, 5.74) is 0. The molecule has 0 saturated carbocycles. The fraction of sp³-hybridized carbons (Fsp3) is 0.862. The number of nitrogens with one attached hydrogen (secondary N) is 1. The van der Waals surface area contributed by atoms with E-state index in [2.05, 4.69) is 62.5 Å². The van der Waals surface area contributed by atoms with Crippen LogP contribution in [0.15, 0.2) is 36.5 Å². The highest BCUT2D eigenvalue weighted by molar-refractivity contribution is 5.77. The number of carbonyl (C=O) groups is 2. The van der Waals surface area contributed by atoms with Gasteiger partial charge in [-0.25, -0.2) is 0 Å². The number of hydrogen-bond acceptors (Lipinski definition) is 5. The molecule has 0 aliphatic carbocycles. The summed E-state index contributed by atoms with van der Waals surface area (Å²) >= 11 is 0. The zero-order valence-corrected chi connectivity index (χ0v) is 42.9. The highest BCUT2D eigenvalue weighted by Gasteiger charge is 2.24. The van der Waals surface area contributed by atoms with Crippen LogP contribution in [0.5, 0.6) is 0 Å². The van der Waals surface area contributed by atoms with Crippen LogP contribution < -0.4 is 5.32 Å². The summed E-state index contributed by atoms with van der Waals surface area (Å²) in [5, 5.41) is 23.9. The summed E-state index contributed by atoms with van der Waals surface area (Å²) in [4.78, 5) is 26.2. The van der Waals surface area contributed by atoms with Crippen molar-refractivity contribution in [3.05, 3.63) is 36.5 Å². The van der Waals surface area contributed by atoms with Gasteiger partial charge in [0, 0.05) is 6.42 Å². The number of hydrogen-bond donors (Lipinski definition) is 3. The highest BCUT2D eigenvalue weighted by Crippen LogP contribution is 2.19. The third-order valence-corrected chi connectivity index (χ3v) is 13.0. The fourth-order valence-corrected chi connectivity index (χ4v) is 8.74. The lowest BCUT2D eigenvalue weighted by Crippen LogP contribution is -2.46. The van der Waals surface area contributed by atoms with Gasteiger partial charge in [0.15, 0.2) is 0 Å². The van der Waals surface area contributed by atoms with Crippen LogP contribution in [0.3, 0.4) is 0 Å². The van der Waals surface area contributed by atoms with E-state index >= 15 is 0 Å². The number of aliphatic hydroxyl groups is 2. The number of unbranched alkanes of at least 4 members (excludes halogenated alkanes) is 33. The molecule has 0 aromatic carbocycles. The molecule has 3 atom stereocenters. The second-order valence-corrected chi connectivity index (χ2v) is 19.3. The molecule has 0 aromatic heterocycles. The normalized spacial score (nSPS) is 13.4. The summed E-state index contributed by atoms with van der Waals surface area (Å²) in [6, 6.07) is -0.701. The first-order valence-electron chi connectivity index (χ1n) is 28.2. The number of rotatable bonds is 51. The Bertz CT molecular complexity index is 1060. The molecule has 3 N–H and O–H groups in total. The topological polar surface area (TPSA) is 95.9 Å². The molecule has 0 saturated heterocycles. The van der Waals surface area contributed by atoms with Gasteiger partial charge in [0.1, 0.15) is 6.10 Å². The predicted octanol–water partition coefficient (Wildman–Crippen LogP) is 17.2. The van der Waals surface area contributed by atoms with Crippen molar-refractivity contribution in [2.24, 2.45) is 0 Å². The molecule has 0 bridgehead atoms. The average molecular weight is 901 g/mol. The minimum atomic E-state index is -0.787. The molecule has 0 spiro atoms. The fourth-order valence-electron chi connectivity index (χ4n) is 8.74. The van der Waals surface area contributed by atoms with Gasteiger partial charge in [-0.15, -0.1) is 0 Å². The number of carbonyl (C=O) groups excluding carboxylic acids is 2. The quantitative estimate of drug-likeness (QED) is 0.0321. The monoisotopic (exact) mass is 900 g/mol. The number of aliphatic hydroxyl groups excluding tert-OH is 2. The Kier molecular flexibility index (Phi) is 50.5. The van der Waals surface area contributed by atoms with Crippen LogP contribution in [-0.4, -0.2) is 46.9 Å². The van der Waals surface area contributed by atoms with Crippen molar-refractivity contribution in [2.45, 2.75) is 315 Å². The zero-order chi connectivity index (χ0) is 46.7. The summed E-state index contributed by atoms with van der Waals surface area (Å²) in [5.74, 6) is -0.472. The lowest BCUT2D eigenvalue weighted by molar-refractivity contribution is -0.151. The maximum Gasteiger partial charge on any atom is 0.306 e. The van der Waals surface area contributed by atoms with Gasteiger partial charge in [0.05, 0.1) is 25.2 Å². The molecular weight excluding hydrogens is 791 g/mol. The van der Waals surface area contributed by atoms with Crippen LogP contribution in [0, 0.1) is 0 Å². The Labute approximate surface area is 398 Å². The van der Waals surface area contributed by atoms with Crippen LogP contribution in [-0.2, 0) is 14.3 Å². The molecule has 64 heavy (non-hydrogen) atoms. The van der Waals surface area contributed by atoms with Crippen molar-refractivity contribution in [3.63, 3.8) is 0 Å². The molecule has 0 aliphatic rings. The van der Waals surface area contributed by atoms with E-state index in [4.69, 9.17) is 4.74 Å². The molecule has 6 nitrogen and oxygen atoms in total. The molecule has 3 unspecified atom stereocenters. The van der Waals surface area contributed by atoms with E-state index in [1.807, 2.05) is 0 Å². The minimum absolute atomic E-state index is 0.0768. The second kappa shape index (κ2) is 52.1. The van der Waals surface area contributed by atoms with E-state index in [1.165, 1.54) is 180 Å². The molecule has 0 fully saturated rings. The van der Waals surface area contributed by atoms with Crippen molar-refractivity contribution >= 4 is 11.9 Å². The first-order valence-corrected chi connectivity index (χ1v) is 28.2. The molecule has 0 rings (SSSR count). The Morgan fingerprint density at radius 1 is 0.469 bits per heavy atom. The van der Waals surface area contributed by atoms with E-state index in [0.29, 0.717) is 19.3 Å². The van der Waals surface area contributed by atoms with Gasteiger partial charge in [0.25, 0.3) is 0 Å². The number of esters is 1. The van der Waals surface area contributed by atoms with E-state index in [0.717, 1.165) is 70.6 Å². The number of allylic oxidation sites excluding steroid dienone is 6. The molecular formula is C58H109NO5. The Balaban J connectivity index is 4.55. The van der Waals surface area contributed by atoms with Gasteiger partial charge in [-0.3, -0.25) is 9.59 Å². The van der Waals surface area contributed by atoms with Crippen molar-refractivity contribution in [1.29, 1.82) is 0 Å². The average Bonchev–Trinajstić information content (AvgIpc) is 3.29. The van der Waals surface area contributed by atoms with E-state index in [1.54, 1.807) is 0 Å². The second-order valence-electron chi connectivity index (χ2n) is 19.3. The number of ether oxygens (including phenoxy) is 1. The summed E-state index contributed by atoms with van der Waals surface area (Å²) in [7, 11) is 0. The predicted molar refractivity (Wildman–Crippen MR) is 278 cm³/mol. The van der Waals surface area contributed by atoms with Crippen LogP contribution in [0.25, 0.3) is 0 Å². The third-order valence-electron chi connectivity index (χ3n) is 13.0. The Morgan fingerprint density at radius 2 is 0.844 bits per heavy atom. The Hall–Kier alpha value is -1.92. The van der Waals surface area contributed by atoms with Crippen molar-refractivity contribution in [2.75, 3.05) is 6.61 Å². The molecule has 1 amide bonds. The maximum absolute atomic E-state index is 13.3. The lowest BCUT2D eigenvalue weighted by Gasteiger charge is -2.24. The van der Waals surface area contributed by atoms with E-state index < -0.39 is 18.2 Å². The standard InChI is InChI=1S/C58H109NO5/c1-4-7-10-13-16-19-22-25-28-30-33-36-39-42-45-48-51-58(63)64-54(49-46-43-40-37-34-31-29-26-23-20-17-14-11-8-5-2)52-57(62)59-55(53-60)56(61)50-47-44-41-38-35-32-27-24-21-18-15-12-9-6-3/h7,10,16,19,25,28,54-56,60-61H,4-6,8-9,11-15,17-18,20-24,26-27,29-53H2,1-3H3,(H,59,62)/b10-7+,19-16+,28-25+. The molecule has 0 radical (unpaired) electrons. The van der Waals surface area contributed by atoms with Crippen molar-refractivity contribution in [3.8, 4) is 0 Å². The summed E-state index contributed by atoms with van der Waals surface area (Å²) in [6.07, 6.45) is 62.0. The van der Waals surface area contributed by atoms with E-state index in [-0.39, 0.29) is 24.9 Å². The molecule has 0 heterocycles. The highest BCUT2D eigenvalue weighted by atomic mass is 16.5.